The second-order valence-electron chi connectivity index (χ2n) is 4.92. The van der Waals surface area contributed by atoms with Crippen molar-refractivity contribution in [3.8, 4) is 0 Å². The first kappa shape index (κ1) is 14.0. The first-order valence-corrected chi connectivity index (χ1v) is 5.69. The molecule has 0 radical (unpaired) electrons. The van der Waals surface area contributed by atoms with Crippen molar-refractivity contribution in [2.24, 2.45) is 16.3 Å². The van der Waals surface area contributed by atoms with Crippen LogP contribution in [0.15, 0.2) is 29.4 Å². The largest absolute Gasteiger partial charge is 0.409 e. The average molecular weight is 249 g/mol. The Kier molecular flexibility index (Phi) is 4.31. The molecule has 0 fully saturated rings. The number of hydrogen-bond acceptors (Lipinski definition) is 3. The lowest BCUT2D eigenvalue weighted by atomic mass is 9.92. The third-order valence-corrected chi connectivity index (χ3v) is 2.81. The molecule has 0 spiro atoms. The van der Waals surface area contributed by atoms with Crippen molar-refractivity contribution in [2.75, 3.05) is 6.54 Å². The molecule has 0 heterocycles. The van der Waals surface area contributed by atoms with Crippen molar-refractivity contribution < 1.29 is 10.0 Å². The third kappa shape index (κ3) is 3.48. The van der Waals surface area contributed by atoms with Gasteiger partial charge in [0.1, 0.15) is 5.84 Å². The molecule has 5 nitrogen and oxygen atoms in total. The van der Waals surface area contributed by atoms with Gasteiger partial charge in [0.25, 0.3) is 5.91 Å². The van der Waals surface area contributed by atoms with E-state index >= 15 is 0 Å². The van der Waals surface area contributed by atoms with Crippen LogP contribution >= 0.6 is 0 Å². The Balaban J connectivity index is 2.64. The lowest BCUT2D eigenvalue weighted by molar-refractivity contribution is 0.0944. The Morgan fingerprint density at radius 2 is 1.94 bits per heavy atom. The molecular formula is C13H19N3O2. The topological polar surface area (TPSA) is 87.7 Å². The van der Waals surface area contributed by atoms with E-state index < -0.39 is 5.41 Å². The molecule has 0 aliphatic rings. The number of carbonyl (C=O) groups is 1. The van der Waals surface area contributed by atoms with E-state index in [1.165, 1.54) is 0 Å². The molecule has 1 aromatic rings. The van der Waals surface area contributed by atoms with Crippen LogP contribution in [0.1, 0.15) is 29.8 Å². The highest BCUT2D eigenvalue weighted by molar-refractivity contribution is 5.95. The van der Waals surface area contributed by atoms with Gasteiger partial charge in [-0.1, -0.05) is 36.7 Å². The number of carbonyl (C=O) groups excluding carboxylic acids is 1. The van der Waals surface area contributed by atoms with Gasteiger partial charge < -0.3 is 16.3 Å². The fourth-order valence-corrected chi connectivity index (χ4v) is 1.33. The Morgan fingerprint density at radius 1 is 1.39 bits per heavy atom. The van der Waals surface area contributed by atoms with Crippen LogP contribution in [0, 0.1) is 12.3 Å². The Bertz CT molecular complexity index is 450. The molecule has 1 rings (SSSR count). The van der Waals surface area contributed by atoms with Crippen molar-refractivity contribution in [3.05, 3.63) is 35.4 Å². The van der Waals surface area contributed by atoms with Crippen molar-refractivity contribution >= 4 is 11.7 Å². The molecule has 0 saturated carbocycles. The Morgan fingerprint density at radius 3 is 2.44 bits per heavy atom. The molecule has 5 heteroatoms. The molecular weight excluding hydrogens is 230 g/mol. The summed E-state index contributed by atoms with van der Waals surface area (Å²) in [6.07, 6.45) is 0. The van der Waals surface area contributed by atoms with Crippen LogP contribution in [0.4, 0.5) is 0 Å². The van der Waals surface area contributed by atoms with Crippen LogP contribution in [0.25, 0.3) is 0 Å². The van der Waals surface area contributed by atoms with Crippen LogP contribution < -0.4 is 11.1 Å². The number of benzene rings is 1. The lowest BCUT2D eigenvalue weighted by Gasteiger charge is -2.23. The van der Waals surface area contributed by atoms with Gasteiger partial charge in [-0.25, -0.2) is 0 Å². The maximum atomic E-state index is 11.9. The molecule has 0 bridgehead atoms. The van der Waals surface area contributed by atoms with E-state index in [4.69, 9.17) is 10.9 Å². The fraction of sp³-hybridized carbons (Fsp3) is 0.385. The van der Waals surface area contributed by atoms with E-state index in [-0.39, 0.29) is 11.7 Å². The summed E-state index contributed by atoms with van der Waals surface area (Å²) >= 11 is 0. The van der Waals surface area contributed by atoms with E-state index in [0.29, 0.717) is 12.1 Å². The van der Waals surface area contributed by atoms with Crippen LogP contribution in [-0.4, -0.2) is 23.5 Å². The SMILES string of the molecule is Cc1ccc(C(=O)NCC(C)(C)/C(N)=N/O)cc1. The number of aryl methyl sites for hydroxylation is 1. The summed E-state index contributed by atoms with van der Waals surface area (Å²) in [4.78, 5) is 11.9. The highest BCUT2D eigenvalue weighted by Gasteiger charge is 2.24. The average Bonchev–Trinajstić information content (AvgIpc) is 2.35. The summed E-state index contributed by atoms with van der Waals surface area (Å²) in [7, 11) is 0. The normalized spacial score (nSPS) is 12.3. The second-order valence-corrected chi connectivity index (χ2v) is 4.92. The number of amidine groups is 1. The smallest absolute Gasteiger partial charge is 0.251 e. The number of rotatable bonds is 4. The minimum atomic E-state index is -0.588. The maximum absolute atomic E-state index is 11.9. The van der Waals surface area contributed by atoms with Gasteiger partial charge in [-0.05, 0) is 19.1 Å². The number of nitrogens with two attached hydrogens (primary N) is 1. The fourth-order valence-electron chi connectivity index (χ4n) is 1.33. The van der Waals surface area contributed by atoms with Gasteiger partial charge in [0.2, 0.25) is 0 Å². The molecule has 0 aliphatic carbocycles. The van der Waals surface area contributed by atoms with Crippen LogP contribution in [-0.2, 0) is 0 Å². The monoisotopic (exact) mass is 249 g/mol. The van der Waals surface area contributed by atoms with Gasteiger partial charge in [0, 0.05) is 17.5 Å². The molecule has 1 aromatic carbocycles. The molecule has 0 unspecified atom stereocenters. The van der Waals surface area contributed by atoms with Gasteiger partial charge in [0.15, 0.2) is 0 Å². The third-order valence-electron chi connectivity index (χ3n) is 2.81. The minimum Gasteiger partial charge on any atom is -0.409 e. The standard InChI is InChI=1S/C13H19N3O2/c1-9-4-6-10(7-5-9)11(17)15-8-13(2,3)12(14)16-18/h4-7,18H,8H2,1-3H3,(H2,14,16)(H,15,17). The van der Waals surface area contributed by atoms with E-state index in [1.807, 2.05) is 19.1 Å². The number of oxime groups is 1. The first-order chi connectivity index (χ1) is 8.36. The Hall–Kier alpha value is -2.04. The zero-order valence-corrected chi connectivity index (χ0v) is 10.9. The highest BCUT2D eigenvalue weighted by atomic mass is 16.4. The van der Waals surface area contributed by atoms with Crippen molar-refractivity contribution in [2.45, 2.75) is 20.8 Å². The molecule has 1 amide bonds. The molecule has 18 heavy (non-hydrogen) atoms. The van der Waals surface area contributed by atoms with Crippen LogP contribution in [0.5, 0.6) is 0 Å². The molecule has 98 valence electrons. The van der Waals surface area contributed by atoms with Crippen LogP contribution in [0.3, 0.4) is 0 Å². The number of hydrogen-bond donors (Lipinski definition) is 3. The van der Waals surface area contributed by atoms with Gasteiger partial charge in [0.05, 0.1) is 0 Å². The zero-order valence-electron chi connectivity index (χ0n) is 10.9. The Labute approximate surface area is 107 Å². The maximum Gasteiger partial charge on any atom is 0.251 e. The summed E-state index contributed by atoms with van der Waals surface area (Å²) in [6, 6.07) is 7.29. The highest BCUT2D eigenvalue weighted by Crippen LogP contribution is 2.13. The molecule has 0 aromatic heterocycles. The zero-order chi connectivity index (χ0) is 13.8. The minimum absolute atomic E-state index is 0.0895. The van der Waals surface area contributed by atoms with Crippen LogP contribution in [0.2, 0.25) is 0 Å². The van der Waals surface area contributed by atoms with Gasteiger partial charge in [-0.15, -0.1) is 0 Å². The molecule has 0 saturated heterocycles. The van der Waals surface area contributed by atoms with E-state index in [2.05, 4.69) is 10.5 Å². The summed E-state index contributed by atoms with van der Waals surface area (Å²) in [6.45, 7) is 5.84. The summed E-state index contributed by atoms with van der Waals surface area (Å²) in [5.74, 6) is -0.0829. The summed E-state index contributed by atoms with van der Waals surface area (Å²) in [5.41, 5.74) is 6.65. The number of nitrogens with one attached hydrogen (secondary N) is 1. The molecule has 4 N–H and O–H groups in total. The summed E-state index contributed by atoms with van der Waals surface area (Å²) in [5, 5.41) is 14.4. The second kappa shape index (κ2) is 5.53. The molecule has 0 aliphatic heterocycles. The van der Waals surface area contributed by atoms with Crippen molar-refractivity contribution in [3.63, 3.8) is 0 Å². The van der Waals surface area contributed by atoms with Gasteiger partial charge in [-0.3, -0.25) is 4.79 Å². The predicted molar refractivity (Wildman–Crippen MR) is 70.7 cm³/mol. The number of amides is 1. The lowest BCUT2D eigenvalue weighted by Crippen LogP contribution is -2.42. The van der Waals surface area contributed by atoms with E-state index in [0.717, 1.165) is 5.56 Å². The van der Waals surface area contributed by atoms with Crippen molar-refractivity contribution in [1.82, 2.24) is 5.32 Å². The summed E-state index contributed by atoms with van der Waals surface area (Å²) < 4.78 is 0. The van der Waals surface area contributed by atoms with Gasteiger partial charge >= 0.3 is 0 Å². The quantitative estimate of drug-likeness (QED) is 0.327. The molecule has 0 atom stereocenters. The van der Waals surface area contributed by atoms with Crippen molar-refractivity contribution in [1.29, 1.82) is 0 Å². The van der Waals surface area contributed by atoms with E-state index in [9.17, 15) is 4.79 Å². The predicted octanol–water partition coefficient (Wildman–Crippen LogP) is 1.50. The van der Waals surface area contributed by atoms with E-state index in [1.54, 1.807) is 26.0 Å². The number of nitrogens with zero attached hydrogens (tertiary/aromatic N) is 1. The first-order valence-electron chi connectivity index (χ1n) is 5.69. The van der Waals surface area contributed by atoms with Gasteiger partial charge in [-0.2, -0.15) is 0 Å².